The van der Waals surface area contributed by atoms with Crippen molar-refractivity contribution in [2.45, 2.75) is 19.9 Å². The summed E-state index contributed by atoms with van der Waals surface area (Å²) in [5, 5.41) is 6.40. The van der Waals surface area contributed by atoms with E-state index in [0.29, 0.717) is 12.5 Å². The Kier molecular flexibility index (Phi) is 4.46. The smallest absolute Gasteiger partial charge is 0.224 e. The second-order valence-corrected chi connectivity index (χ2v) is 3.91. The largest absolute Gasteiger partial charge is 0.370 e. The van der Waals surface area contributed by atoms with Crippen molar-refractivity contribution in [3.8, 4) is 0 Å². The number of hydrogen-bond donors (Lipinski definition) is 2. The molecular formula is C13H17N5. The van der Waals surface area contributed by atoms with Crippen molar-refractivity contribution in [2.75, 3.05) is 17.2 Å². The highest BCUT2D eigenvalue weighted by Gasteiger charge is 1.98. The lowest BCUT2D eigenvalue weighted by atomic mass is 10.3. The van der Waals surface area contributed by atoms with E-state index >= 15 is 0 Å². The second-order valence-electron chi connectivity index (χ2n) is 3.91. The first-order chi connectivity index (χ1) is 8.88. The second kappa shape index (κ2) is 6.54. The van der Waals surface area contributed by atoms with Gasteiger partial charge in [-0.15, -0.1) is 0 Å². The molecule has 2 rings (SSSR count). The van der Waals surface area contributed by atoms with E-state index in [1.165, 1.54) is 0 Å². The van der Waals surface area contributed by atoms with Crippen LogP contribution in [0, 0.1) is 0 Å². The van der Waals surface area contributed by atoms with Crippen molar-refractivity contribution in [3.05, 3.63) is 42.4 Å². The molecule has 0 spiro atoms. The average molecular weight is 243 g/mol. The minimum absolute atomic E-state index is 0.625. The molecule has 0 unspecified atom stereocenters. The molecule has 2 heterocycles. The molecule has 5 heteroatoms. The van der Waals surface area contributed by atoms with Crippen LogP contribution in [0.25, 0.3) is 0 Å². The number of nitrogens with zero attached hydrogens (tertiary/aromatic N) is 3. The maximum atomic E-state index is 4.37. The normalized spacial score (nSPS) is 10.1. The molecule has 0 aliphatic carbocycles. The quantitative estimate of drug-likeness (QED) is 0.815. The van der Waals surface area contributed by atoms with E-state index in [0.717, 1.165) is 24.3 Å². The van der Waals surface area contributed by atoms with Gasteiger partial charge in [0.05, 0.1) is 0 Å². The SMILES string of the molecule is CCCNc1ccnc(NCc2cccnc2)n1. The molecule has 0 aliphatic heterocycles. The molecule has 0 fully saturated rings. The Hall–Kier alpha value is -2.17. The summed E-state index contributed by atoms with van der Waals surface area (Å²) in [6, 6.07) is 5.79. The van der Waals surface area contributed by atoms with Gasteiger partial charge in [0.25, 0.3) is 0 Å². The van der Waals surface area contributed by atoms with Crippen LogP contribution < -0.4 is 10.6 Å². The third-order valence-corrected chi connectivity index (χ3v) is 2.39. The summed E-state index contributed by atoms with van der Waals surface area (Å²) in [6.07, 6.45) is 6.40. The number of pyridine rings is 1. The lowest BCUT2D eigenvalue weighted by Gasteiger charge is -2.07. The predicted octanol–water partition coefficient (Wildman–Crippen LogP) is 2.31. The highest BCUT2D eigenvalue weighted by Crippen LogP contribution is 2.07. The molecule has 0 radical (unpaired) electrons. The average Bonchev–Trinajstić information content (AvgIpc) is 2.44. The van der Waals surface area contributed by atoms with Crippen LogP contribution in [0.2, 0.25) is 0 Å². The van der Waals surface area contributed by atoms with Crippen molar-refractivity contribution >= 4 is 11.8 Å². The number of rotatable bonds is 6. The monoisotopic (exact) mass is 243 g/mol. The Morgan fingerprint density at radius 3 is 2.89 bits per heavy atom. The molecule has 0 saturated carbocycles. The van der Waals surface area contributed by atoms with Gasteiger partial charge in [0, 0.05) is 31.7 Å². The van der Waals surface area contributed by atoms with Crippen LogP contribution in [-0.2, 0) is 6.54 Å². The van der Waals surface area contributed by atoms with Gasteiger partial charge in [0.2, 0.25) is 5.95 Å². The Labute approximate surface area is 107 Å². The molecule has 0 aliphatic rings. The number of anilines is 2. The third-order valence-electron chi connectivity index (χ3n) is 2.39. The van der Waals surface area contributed by atoms with Gasteiger partial charge in [-0.3, -0.25) is 4.98 Å². The van der Waals surface area contributed by atoms with Crippen LogP contribution in [0.15, 0.2) is 36.8 Å². The topological polar surface area (TPSA) is 62.7 Å². The number of aromatic nitrogens is 3. The summed E-state index contributed by atoms with van der Waals surface area (Å²) in [5.41, 5.74) is 1.10. The van der Waals surface area contributed by atoms with Crippen LogP contribution in [0.4, 0.5) is 11.8 Å². The molecular weight excluding hydrogens is 226 g/mol. The predicted molar refractivity (Wildman–Crippen MR) is 72.4 cm³/mol. The van der Waals surface area contributed by atoms with E-state index in [2.05, 4.69) is 32.5 Å². The van der Waals surface area contributed by atoms with Crippen molar-refractivity contribution in [1.29, 1.82) is 0 Å². The lowest BCUT2D eigenvalue weighted by Crippen LogP contribution is -2.07. The minimum Gasteiger partial charge on any atom is -0.370 e. The van der Waals surface area contributed by atoms with Gasteiger partial charge in [-0.1, -0.05) is 13.0 Å². The molecule has 2 N–H and O–H groups in total. The van der Waals surface area contributed by atoms with Crippen molar-refractivity contribution < 1.29 is 0 Å². The summed E-state index contributed by atoms with van der Waals surface area (Å²) in [4.78, 5) is 12.6. The van der Waals surface area contributed by atoms with Crippen LogP contribution in [0.5, 0.6) is 0 Å². The first kappa shape index (κ1) is 12.3. The zero-order valence-electron chi connectivity index (χ0n) is 10.4. The third kappa shape index (κ3) is 3.69. The number of nitrogens with one attached hydrogen (secondary N) is 2. The van der Waals surface area contributed by atoms with Crippen molar-refractivity contribution in [2.24, 2.45) is 0 Å². The summed E-state index contributed by atoms with van der Waals surface area (Å²) in [5.74, 6) is 1.47. The summed E-state index contributed by atoms with van der Waals surface area (Å²) < 4.78 is 0. The fraction of sp³-hybridized carbons (Fsp3) is 0.308. The molecule has 0 atom stereocenters. The van der Waals surface area contributed by atoms with Gasteiger partial charge < -0.3 is 10.6 Å². The molecule has 2 aromatic rings. The van der Waals surface area contributed by atoms with Crippen LogP contribution in [0.3, 0.4) is 0 Å². The van der Waals surface area contributed by atoms with Crippen molar-refractivity contribution in [1.82, 2.24) is 15.0 Å². The first-order valence-electron chi connectivity index (χ1n) is 6.08. The van der Waals surface area contributed by atoms with Gasteiger partial charge in [0.1, 0.15) is 5.82 Å². The minimum atomic E-state index is 0.625. The fourth-order valence-electron chi connectivity index (χ4n) is 1.48. The Morgan fingerprint density at radius 2 is 2.11 bits per heavy atom. The van der Waals surface area contributed by atoms with Crippen LogP contribution in [0.1, 0.15) is 18.9 Å². The van der Waals surface area contributed by atoms with E-state index in [-0.39, 0.29) is 0 Å². The molecule has 0 bridgehead atoms. The zero-order valence-corrected chi connectivity index (χ0v) is 10.4. The van der Waals surface area contributed by atoms with Crippen LogP contribution in [-0.4, -0.2) is 21.5 Å². The summed E-state index contributed by atoms with van der Waals surface area (Å²) >= 11 is 0. The molecule has 0 aromatic carbocycles. The van der Waals surface area contributed by atoms with Crippen LogP contribution >= 0.6 is 0 Å². The summed E-state index contributed by atoms with van der Waals surface area (Å²) in [7, 11) is 0. The Balaban J connectivity index is 1.93. The maximum absolute atomic E-state index is 4.37. The van der Waals surface area contributed by atoms with E-state index in [1.807, 2.05) is 24.4 Å². The van der Waals surface area contributed by atoms with Gasteiger partial charge in [-0.05, 0) is 24.1 Å². The molecule has 0 saturated heterocycles. The molecule has 18 heavy (non-hydrogen) atoms. The van der Waals surface area contributed by atoms with E-state index in [4.69, 9.17) is 0 Å². The van der Waals surface area contributed by atoms with Gasteiger partial charge >= 0.3 is 0 Å². The Morgan fingerprint density at radius 1 is 1.17 bits per heavy atom. The first-order valence-corrected chi connectivity index (χ1v) is 6.08. The maximum Gasteiger partial charge on any atom is 0.224 e. The lowest BCUT2D eigenvalue weighted by molar-refractivity contribution is 0.960. The molecule has 94 valence electrons. The standard InChI is InChI=1S/C13H17N5/c1-2-6-15-12-5-8-16-13(18-12)17-10-11-4-3-7-14-9-11/h3-5,7-9H,2,6,10H2,1H3,(H2,15,16,17,18). The van der Waals surface area contributed by atoms with Gasteiger partial charge in [0.15, 0.2) is 0 Å². The molecule has 5 nitrogen and oxygen atoms in total. The van der Waals surface area contributed by atoms with E-state index in [9.17, 15) is 0 Å². The highest BCUT2D eigenvalue weighted by atomic mass is 15.1. The van der Waals surface area contributed by atoms with Gasteiger partial charge in [-0.2, -0.15) is 4.98 Å². The van der Waals surface area contributed by atoms with Gasteiger partial charge in [-0.25, -0.2) is 4.98 Å². The van der Waals surface area contributed by atoms with Crippen molar-refractivity contribution in [3.63, 3.8) is 0 Å². The fourth-order valence-corrected chi connectivity index (χ4v) is 1.48. The molecule has 2 aromatic heterocycles. The molecule has 0 amide bonds. The zero-order chi connectivity index (χ0) is 12.6. The van der Waals surface area contributed by atoms with E-state index in [1.54, 1.807) is 12.4 Å². The highest BCUT2D eigenvalue weighted by molar-refractivity contribution is 5.39. The number of hydrogen-bond acceptors (Lipinski definition) is 5. The Bertz CT molecular complexity index is 472. The summed E-state index contributed by atoms with van der Waals surface area (Å²) in [6.45, 7) is 3.71. The van der Waals surface area contributed by atoms with E-state index < -0.39 is 0 Å².